The largest absolute Gasteiger partial charge is 0.486 e. The van der Waals surface area contributed by atoms with Crippen molar-refractivity contribution in [3.8, 4) is 11.5 Å². The average molecular weight is 350 g/mol. The Balaban J connectivity index is 1.81. The molecular formula is C16H16BrNO3. The second kappa shape index (κ2) is 6.37. The van der Waals surface area contributed by atoms with Gasteiger partial charge in [-0.1, -0.05) is 22.0 Å². The summed E-state index contributed by atoms with van der Waals surface area (Å²) >= 11 is 3.41. The molecule has 2 aromatic carbocycles. The van der Waals surface area contributed by atoms with E-state index in [-0.39, 0.29) is 12.6 Å². The molecule has 1 atom stereocenters. The van der Waals surface area contributed by atoms with Crippen LogP contribution in [0.2, 0.25) is 0 Å². The third-order valence-electron chi connectivity index (χ3n) is 3.34. The number of halogens is 1. The summed E-state index contributed by atoms with van der Waals surface area (Å²) in [5.41, 5.74) is 1.91. The van der Waals surface area contributed by atoms with Gasteiger partial charge in [0.25, 0.3) is 0 Å². The van der Waals surface area contributed by atoms with E-state index in [9.17, 15) is 5.11 Å². The summed E-state index contributed by atoms with van der Waals surface area (Å²) in [7, 11) is 0. The Labute approximate surface area is 131 Å². The van der Waals surface area contributed by atoms with Gasteiger partial charge in [-0.05, 0) is 42.0 Å². The van der Waals surface area contributed by atoms with Crippen LogP contribution in [0.4, 0.5) is 5.69 Å². The maximum atomic E-state index is 9.66. The fourth-order valence-corrected chi connectivity index (χ4v) is 2.52. The molecule has 4 nitrogen and oxygen atoms in total. The highest BCUT2D eigenvalue weighted by Gasteiger charge is 2.16. The van der Waals surface area contributed by atoms with Gasteiger partial charge in [-0.3, -0.25) is 0 Å². The lowest BCUT2D eigenvalue weighted by Crippen LogP contribution is -2.18. The molecule has 0 saturated carbocycles. The van der Waals surface area contributed by atoms with Crippen LogP contribution < -0.4 is 14.8 Å². The van der Waals surface area contributed by atoms with Gasteiger partial charge in [-0.25, -0.2) is 0 Å². The van der Waals surface area contributed by atoms with Crippen molar-refractivity contribution < 1.29 is 14.6 Å². The van der Waals surface area contributed by atoms with Crippen molar-refractivity contribution in [1.82, 2.24) is 0 Å². The molecule has 2 N–H and O–H groups in total. The van der Waals surface area contributed by atoms with E-state index < -0.39 is 0 Å². The standard InChI is InChI=1S/C16H16BrNO3/c17-12-2-4-13(5-3-12)18-14(10-19)11-1-6-15-16(9-11)21-8-7-20-15/h1-6,9,14,18-19H,7-8,10H2. The molecule has 0 bridgehead atoms. The molecule has 1 aliphatic heterocycles. The Kier molecular flexibility index (Phi) is 4.31. The zero-order valence-corrected chi connectivity index (χ0v) is 13.0. The minimum absolute atomic E-state index is 0.00426. The SMILES string of the molecule is OCC(Nc1ccc(Br)cc1)c1ccc2c(c1)OCCO2. The van der Waals surface area contributed by atoms with Gasteiger partial charge < -0.3 is 19.9 Å². The number of hydrogen-bond acceptors (Lipinski definition) is 4. The Bertz CT molecular complexity index is 615. The topological polar surface area (TPSA) is 50.7 Å². The van der Waals surface area contributed by atoms with Crippen LogP contribution >= 0.6 is 15.9 Å². The first-order valence-electron chi connectivity index (χ1n) is 6.79. The van der Waals surface area contributed by atoms with Crippen LogP contribution in [0, 0.1) is 0 Å². The van der Waals surface area contributed by atoms with Crippen LogP contribution in [0.1, 0.15) is 11.6 Å². The molecule has 2 aromatic rings. The van der Waals surface area contributed by atoms with Gasteiger partial charge in [0, 0.05) is 10.2 Å². The van der Waals surface area contributed by atoms with Crippen molar-refractivity contribution in [3.63, 3.8) is 0 Å². The quantitative estimate of drug-likeness (QED) is 0.888. The minimum atomic E-state index is -0.193. The second-order valence-electron chi connectivity index (χ2n) is 4.79. The molecule has 0 saturated heterocycles. The number of nitrogens with one attached hydrogen (secondary N) is 1. The summed E-state index contributed by atoms with van der Waals surface area (Å²) in [6, 6.07) is 13.4. The summed E-state index contributed by atoms with van der Waals surface area (Å²) in [5, 5.41) is 13.0. The third-order valence-corrected chi connectivity index (χ3v) is 3.86. The monoisotopic (exact) mass is 349 g/mol. The molecule has 0 spiro atoms. The van der Waals surface area contributed by atoms with Gasteiger partial charge in [0.15, 0.2) is 11.5 Å². The molecular weight excluding hydrogens is 334 g/mol. The molecule has 0 aromatic heterocycles. The van der Waals surface area contributed by atoms with E-state index in [1.54, 1.807) is 0 Å². The molecule has 5 heteroatoms. The number of ether oxygens (including phenoxy) is 2. The Morgan fingerprint density at radius 1 is 1.05 bits per heavy atom. The van der Waals surface area contributed by atoms with Gasteiger partial charge in [-0.2, -0.15) is 0 Å². The fraction of sp³-hybridized carbons (Fsp3) is 0.250. The third kappa shape index (κ3) is 3.31. The highest BCUT2D eigenvalue weighted by molar-refractivity contribution is 9.10. The van der Waals surface area contributed by atoms with E-state index in [1.807, 2.05) is 42.5 Å². The number of aliphatic hydroxyl groups is 1. The molecule has 1 aliphatic rings. The lowest BCUT2D eigenvalue weighted by atomic mass is 10.1. The van der Waals surface area contributed by atoms with Crippen molar-refractivity contribution in [1.29, 1.82) is 0 Å². The number of benzene rings is 2. The number of anilines is 1. The maximum Gasteiger partial charge on any atom is 0.161 e. The Hall–Kier alpha value is -1.72. The van der Waals surface area contributed by atoms with E-state index in [0.29, 0.717) is 13.2 Å². The van der Waals surface area contributed by atoms with Gasteiger partial charge in [0.2, 0.25) is 0 Å². The molecule has 0 amide bonds. The first kappa shape index (κ1) is 14.2. The molecule has 0 aliphatic carbocycles. The predicted octanol–water partition coefficient (Wildman–Crippen LogP) is 3.37. The predicted molar refractivity (Wildman–Crippen MR) is 85.0 cm³/mol. The van der Waals surface area contributed by atoms with E-state index in [4.69, 9.17) is 9.47 Å². The average Bonchev–Trinajstić information content (AvgIpc) is 2.54. The van der Waals surface area contributed by atoms with E-state index >= 15 is 0 Å². The van der Waals surface area contributed by atoms with Crippen LogP contribution in [-0.4, -0.2) is 24.9 Å². The van der Waals surface area contributed by atoms with E-state index in [1.165, 1.54) is 0 Å². The minimum Gasteiger partial charge on any atom is -0.486 e. The molecule has 3 rings (SSSR count). The number of rotatable bonds is 4. The van der Waals surface area contributed by atoms with E-state index in [2.05, 4.69) is 21.2 Å². The highest BCUT2D eigenvalue weighted by Crippen LogP contribution is 2.33. The van der Waals surface area contributed by atoms with Crippen LogP contribution in [-0.2, 0) is 0 Å². The summed E-state index contributed by atoms with van der Waals surface area (Å²) in [5.74, 6) is 1.49. The molecule has 0 fully saturated rings. The van der Waals surface area contributed by atoms with Gasteiger partial charge in [0.05, 0.1) is 12.6 Å². The fourth-order valence-electron chi connectivity index (χ4n) is 2.26. The number of fused-ring (bicyclic) bond motifs is 1. The normalized spacial score (nSPS) is 14.6. The van der Waals surface area contributed by atoms with Crippen molar-refractivity contribution in [2.45, 2.75) is 6.04 Å². The van der Waals surface area contributed by atoms with Crippen LogP contribution in [0.5, 0.6) is 11.5 Å². The highest BCUT2D eigenvalue weighted by atomic mass is 79.9. The lowest BCUT2D eigenvalue weighted by molar-refractivity contribution is 0.171. The van der Waals surface area contributed by atoms with Crippen molar-refractivity contribution >= 4 is 21.6 Å². The van der Waals surface area contributed by atoms with Crippen LogP contribution in [0.15, 0.2) is 46.9 Å². The van der Waals surface area contributed by atoms with Crippen LogP contribution in [0.25, 0.3) is 0 Å². The number of hydrogen-bond donors (Lipinski definition) is 2. The first-order valence-corrected chi connectivity index (χ1v) is 7.58. The lowest BCUT2D eigenvalue weighted by Gasteiger charge is -2.22. The molecule has 0 radical (unpaired) electrons. The summed E-state index contributed by atoms with van der Waals surface area (Å²) in [6.45, 7) is 1.13. The van der Waals surface area contributed by atoms with E-state index in [0.717, 1.165) is 27.2 Å². The molecule has 110 valence electrons. The Morgan fingerprint density at radius 2 is 1.76 bits per heavy atom. The van der Waals surface area contributed by atoms with Crippen molar-refractivity contribution in [3.05, 3.63) is 52.5 Å². The maximum absolute atomic E-state index is 9.66. The van der Waals surface area contributed by atoms with Gasteiger partial charge in [0.1, 0.15) is 13.2 Å². The smallest absolute Gasteiger partial charge is 0.161 e. The zero-order chi connectivity index (χ0) is 14.7. The molecule has 21 heavy (non-hydrogen) atoms. The molecule has 1 heterocycles. The summed E-state index contributed by atoms with van der Waals surface area (Å²) in [4.78, 5) is 0. The zero-order valence-electron chi connectivity index (χ0n) is 11.4. The van der Waals surface area contributed by atoms with Gasteiger partial charge >= 0.3 is 0 Å². The van der Waals surface area contributed by atoms with Crippen molar-refractivity contribution in [2.24, 2.45) is 0 Å². The summed E-state index contributed by atoms with van der Waals surface area (Å²) < 4.78 is 12.1. The second-order valence-corrected chi connectivity index (χ2v) is 5.71. The summed E-state index contributed by atoms with van der Waals surface area (Å²) in [6.07, 6.45) is 0. The number of aliphatic hydroxyl groups excluding tert-OH is 1. The van der Waals surface area contributed by atoms with Crippen molar-refractivity contribution in [2.75, 3.05) is 25.1 Å². The molecule has 1 unspecified atom stereocenters. The Morgan fingerprint density at radius 3 is 2.48 bits per heavy atom. The first-order chi connectivity index (χ1) is 10.3. The van der Waals surface area contributed by atoms with Crippen LogP contribution in [0.3, 0.4) is 0 Å². The van der Waals surface area contributed by atoms with Gasteiger partial charge in [-0.15, -0.1) is 0 Å².